The number of carbonyl (C=O) groups is 1. The van der Waals surface area contributed by atoms with Crippen LogP contribution in [0.1, 0.15) is 29.2 Å². The van der Waals surface area contributed by atoms with Crippen LogP contribution in [0, 0.1) is 18.3 Å². The molecule has 0 saturated carbocycles. The third-order valence-electron chi connectivity index (χ3n) is 5.36. The van der Waals surface area contributed by atoms with Gasteiger partial charge in [0.15, 0.2) is 0 Å². The predicted molar refractivity (Wildman–Crippen MR) is 142 cm³/mol. The van der Waals surface area contributed by atoms with E-state index in [9.17, 15) is 15.2 Å². The lowest BCUT2D eigenvalue weighted by Crippen LogP contribution is -2.12. The van der Waals surface area contributed by atoms with E-state index in [1.54, 1.807) is 19.1 Å². The summed E-state index contributed by atoms with van der Waals surface area (Å²) in [5.74, 6) is -0.240. The van der Waals surface area contributed by atoms with Gasteiger partial charge in [-0.2, -0.15) is 5.26 Å². The number of esters is 1. The Morgan fingerprint density at radius 2 is 1.81 bits per heavy atom. The minimum absolute atomic E-state index is 0.0371. The summed E-state index contributed by atoms with van der Waals surface area (Å²) in [5, 5.41) is 20.7. The van der Waals surface area contributed by atoms with Crippen LogP contribution >= 0.6 is 11.8 Å². The normalized spacial score (nSPS) is 15.2. The van der Waals surface area contributed by atoms with Crippen molar-refractivity contribution in [2.45, 2.75) is 20.5 Å². The smallest absolute Gasteiger partial charge is 0.344 e. The number of ether oxygens (including phenoxy) is 2. The summed E-state index contributed by atoms with van der Waals surface area (Å²) >= 11 is 1.19. The molecule has 180 valence electrons. The summed E-state index contributed by atoms with van der Waals surface area (Å²) < 4.78 is 11.2. The number of aliphatic hydroxyl groups excluding tert-OH is 1. The van der Waals surface area contributed by atoms with Crippen molar-refractivity contribution in [3.63, 3.8) is 0 Å². The highest BCUT2D eigenvalue weighted by atomic mass is 32.2. The van der Waals surface area contributed by atoms with Crippen LogP contribution < -0.4 is 4.74 Å². The first-order valence-corrected chi connectivity index (χ1v) is 12.2. The van der Waals surface area contributed by atoms with Gasteiger partial charge in [0.25, 0.3) is 0 Å². The van der Waals surface area contributed by atoms with E-state index >= 15 is 0 Å². The van der Waals surface area contributed by atoms with E-state index in [0.29, 0.717) is 32.5 Å². The quantitative estimate of drug-likeness (QED) is 0.369. The Hall–Kier alpha value is -4.28. The molecule has 0 amide bonds. The van der Waals surface area contributed by atoms with Gasteiger partial charge in [-0.05, 0) is 44.2 Å². The molecule has 1 aliphatic heterocycles. The first-order chi connectivity index (χ1) is 17.5. The number of aliphatic imine (C=N–C) groups is 1. The van der Waals surface area contributed by atoms with Gasteiger partial charge in [-0.1, -0.05) is 65.9 Å². The molecule has 0 radical (unpaired) electrons. The van der Waals surface area contributed by atoms with E-state index in [1.165, 1.54) is 11.8 Å². The number of nitrogens with zero attached hydrogens (tertiary/aromatic N) is 2. The Bertz CT molecular complexity index is 1420. The molecule has 0 atom stereocenters. The number of thioether (sulfide) groups is 1. The molecule has 0 fully saturated rings. The second-order valence-electron chi connectivity index (χ2n) is 7.90. The van der Waals surface area contributed by atoms with Gasteiger partial charge in [0.05, 0.1) is 28.8 Å². The highest BCUT2D eigenvalue weighted by Gasteiger charge is 2.33. The number of hydrogen-bond donors (Lipinski definition) is 1. The fraction of sp³-hybridized carbons (Fsp3) is 0.138. The Morgan fingerprint density at radius 1 is 1.08 bits per heavy atom. The number of carbonyl (C=O) groups excluding carboxylic acids is 1. The highest BCUT2D eigenvalue weighted by molar-refractivity contribution is 8.18. The zero-order valence-electron chi connectivity index (χ0n) is 19.9. The maximum Gasteiger partial charge on any atom is 0.344 e. The molecule has 3 aromatic carbocycles. The summed E-state index contributed by atoms with van der Waals surface area (Å²) in [5.41, 5.74) is 3.83. The van der Waals surface area contributed by atoms with Crippen molar-refractivity contribution in [2.24, 2.45) is 4.99 Å². The van der Waals surface area contributed by atoms with Gasteiger partial charge in [0, 0.05) is 11.1 Å². The predicted octanol–water partition coefficient (Wildman–Crippen LogP) is 6.64. The number of hydrogen-bond acceptors (Lipinski definition) is 7. The van der Waals surface area contributed by atoms with E-state index in [4.69, 9.17) is 9.47 Å². The third-order valence-corrected chi connectivity index (χ3v) is 6.38. The Balaban J connectivity index is 1.67. The monoisotopic (exact) mass is 496 g/mol. The molecule has 0 aliphatic carbocycles. The van der Waals surface area contributed by atoms with E-state index in [0.717, 1.165) is 11.1 Å². The van der Waals surface area contributed by atoms with Gasteiger partial charge in [-0.15, -0.1) is 0 Å². The van der Waals surface area contributed by atoms with Crippen molar-refractivity contribution in [1.82, 2.24) is 0 Å². The Morgan fingerprint density at radius 3 is 2.56 bits per heavy atom. The molecular formula is C29H24N2O4S. The number of aryl methyl sites for hydroxylation is 1. The van der Waals surface area contributed by atoms with Crippen molar-refractivity contribution in [2.75, 3.05) is 6.61 Å². The second kappa shape index (κ2) is 11.4. The van der Waals surface area contributed by atoms with E-state index in [1.807, 2.05) is 73.7 Å². The lowest BCUT2D eigenvalue weighted by molar-refractivity contribution is -0.138. The van der Waals surface area contributed by atoms with Crippen LogP contribution in [-0.4, -0.2) is 22.7 Å². The summed E-state index contributed by atoms with van der Waals surface area (Å²) in [7, 11) is 0. The molecule has 0 bridgehead atoms. The fourth-order valence-electron chi connectivity index (χ4n) is 3.51. The van der Waals surface area contributed by atoms with Crippen molar-refractivity contribution in [3.05, 3.63) is 111 Å². The van der Waals surface area contributed by atoms with Crippen LogP contribution in [0.15, 0.2) is 94.0 Å². The zero-order valence-corrected chi connectivity index (χ0v) is 20.7. The second-order valence-corrected chi connectivity index (χ2v) is 8.93. The van der Waals surface area contributed by atoms with Crippen LogP contribution in [-0.2, 0) is 16.1 Å². The first-order valence-electron chi connectivity index (χ1n) is 11.4. The Kier molecular flexibility index (Phi) is 7.89. The summed E-state index contributed by atoms with van der Waals surface area (Å²) in [6.45, 7) is 4.09. The topological polar surface area (TPSA) is 91.9 Å². The molecule has 1 aliphatic rings. The van der Waals surface area contributed by atoms with Crippen molar-refractivity contribution < 1.29 is 19.4 Å². The molecule has 1 heterocycles. The number of rotatable bonds is 7. The van der Waals surface area contributed by atoms with Gasteiger partial charge in [-0.3, -0.25) is 0 Å². The maximum atomic E-state index is 12.7. The molecule has 0 saturated heterocycles. The van der Waals surface area contributed by atoms with Gasteiger partial charge >= 0.3 is 5.97 Å². The van der Waals surface area contributed by atoms with Crippen LogP contribution in [0.3, 0.4) is 0 Å². The molecule has 0 unspecified atom stereocenters. The number of aliphatic hydroxyl groups is 1. The molecule has 36 heavy (non-hydrogen) atoms. The first kappa shape index (κ1) is 24.8. The molecule has 1 N–H and O–H groups in total. The molecule has 0 aromatic heterocycles. The van der Waals surface area contributed by atoms with Gasteiger partial charge in [0.1, 0.15) is 28.7 Å². The number of para-hydroxylation sites is 1. The minimum Gasteiger partial charge on any atom is -0.506 e. The molecule has 6 nitrogen and oxygen atoms in total. The van der Waals surface area contributed by atoms with Crippen LogP contribution in [0.25, 0.3) is 6.08 Å². The SMILES string of the molecule is CCOC(=O)C1=C(O)C(=Cc2ccccc2OCc2ccccc2C#N)SC1=Nc1ccc(C)cc1. The fourth-order valence-corrected chi connectivity index (χ4v) is 4.54. The van der Waals surface area contributed by atoms with Gasteiger partial charge < -0.3 is 14.6 Å². The zero-order chi connectivity index (χ0) is 25.5. The van der Waals surface area contributed by atoms with Crippen LogP contribution in [0.2, 0.25) is 0 Å². The van der Waals surface area contributed by atoms with E-state index < -0.39 is 5.97 Å². The average Bonchev–Trinajstić information content (AvgIpc) is 3.19. The lowest BCUT2D eigenvalue weighted by atomic mass is 10.1. The van der Waals surface area contributed by atoms with Gasteiger partial charge in [-0.25, -0.2) is 9.79 Å². The minimum atomic E-state index is -0.630. The molecule has 0 spiro atoms. The summed E-state index contributed by atoms with van der Waals surface area (Å²) in [6, 6.07) is 24.4. The summed E-state index contributed by atoms with van der Waals surface area (Å²) in [4.78, 5) is 17.7. The lowest BCUT2D eigenvalue weighted by Gasteiger charge is -2.11. The van der Waals surface area contributed by atoms with Crippen LogP contribution in [0.5, 0.6) is 5.75 Å². The van der Waals surface area contributed by atoms with Crippen molar-refractivity contribution in [3.8, 4) is 11.8 Å². The standard InChI is InChI=1S/C29H24N2O4S/c1-3-34-29(33)26-27(32)25(36-28(26)31-23-14-12-19(2)13-15-23)16-20-8-6-7-11-24(20)35-18-22-10-5-4-9-21(22)17-30/h4-16,32H,3,18H2,1-2H3. The van der Waals surface area contributed by atoms with E-state index in [2.05, 4.69) is 11.1 Å². The van der Waals surface area contributed by atoms with Crippen molar-refractivity contribution >= 4 is 34.5 Å². The Labute approximate surface area is 214 Å². The van der Waals surface area contributed by atoms with Crippen LogP contribution in [0.4, 0.5) is 5.69 Å². The number of nitriles is 1. The molecule has 3 aromatic rings. The molecule has 4 rings (SSSR count). The van der Waals surface area contributed by atoms with Crippen molar-refractivity contribution in [1.29, 1.82) is 5.26 Å². The largest absolute Gasteiger partial charge is 0.506 e. The average molecular weight is 497 g/mol. The number of benzene rings is 3. The summed E-state index contributed by atoms with van der Waals surface area (Å²) in [6.07, 6.45) is 1.75. The third kappa shape index (κ3) is 5.68. The van der Waals surface area contributed by atoms with Gasteiger partial charge in [0.2, 0.25) is 0 Å². The maximum absolute atomic E-state index is 12.7. The highest BCUT2D eigenvalue weighted by Crippen LogP contribution is 2.41. The van der Waals surface area contributed by atoms with E-state index in [-0.39, 0.29) is 24.5 Å². The molecule has 7 heteroatoms. The molecular weight excluding hydrogens is 472 g/mol.